The molecule has 9 heteroatoms. The van der Waals surface area contributed by atoms with Crippen molar-refractivity contribution < 1.29 is 23.8 Å². The van der Waals surface area contributed by atoms with Crippen molar-refractivity contribution in [2.24, 2.45) is 5.41 Å². The summed E-state index contributed by atoms with van der Waals surface area (Å²) in [5.41, 5.74) is 1.63. The van der Waals surface area contributed by atoms with Gasteiger partial charge in [0.05, 0.1) is 21.3 Å². The molecule has 0 aromatic heterocycles. The zero-order valence-electron chi connectivity index (χ0n) is 23.4. The lowest BCUT2D eigenvalue weighted by atomic mass is 9.95. The van der Waals surface area contributed by atoms with E-state index < -0.39 is 11.5 Å². The van der Waals surface area contributed by atoms with Crippen molar-refractivity contribution in [3.05, 3.63) is 53.6 Å². The zero-order valence-corrected chi connectivity index (χ0v) is 24.2. The number of nitrogens with zero attached hydrogens (tertiary/aromatic N) is 2. The molecular formula is C29H41N3O5S. The maximum atomic E-state index is 13.6. The summed E-state index contributed by atoms with van der Waals surface area (Å²) in [5, 5.41) is 3.02. The summed E-state index contributed by atoms with van der Waals surface area (Å²) in [4.78, 5) is 30.5. The van der Waals surface area contributed by atoms with Crippen LogP contribution in [-0.4, -0.2) is 80.9 Å². The number of hydrogen-bond acceptors (Lipinski definition) is 7. The van der Waals surface area contributed by atoms with E-state index in [1.54, 1.807) is 33.1 Å². The Balaban J connectivity index is 1.62. The predicted octanol–water partition coefficient (Wildman–Crippen LogP) is 3.82. The fraction of sp³-hybridized carbons (Fsp3) is 0.517. The van der Waals surface area contributed by atoms with Crippen molar-refractivity contribution in [1.82, 2.24) is 15.1 Å². The second-order valence-corrected chi connectivity index (χ2v) is 11.4. The lowest BCUT2D eigenvalue weighted by molar-refractivity contribution is -0.139. The highest BCUT2D eigenvalue weighted by Gasteiger charge is 2.32. The van der Waals surface area contributed by atoms with Crippen molar-refractivity contribution in [1.29, 1.82) is 0 Å². The molecule has 1 aliphatic rings. The predicted molar refractivity (Wildman–Crippen MR) is 152 cm³/mol. The van der Waals surface area contributed by atoms with Gasteiger partial charge >= 0.3 is 0 Å². The number of piperazine rings is 1. The first-order chi connectivity index (χ1) is 18.2. The number of carbonyl (C=O) groups excluding carboxylic acids is 2. The largest absolute Gasteiger partial charge is 0.493 e. The SMILES string of the molecule is COc1ccc(CN2CCN(C(=O)[C@H](CSCc3ccccc3)NC(=O)C(C)(C)C)CC2)c(OC)c1OC. The summed E-state index contributed by atoms with van der Waals surface area (Å²) >= 11 is 1.66. The zero-order chi connectivity index (χ0) is 27.7. The van der Waals surface area contributed by atoms with Gasteiger partial charge in [0.25, 0.3) is 0 Å². The van der Waals surface area contributed by atoms with Gasteiger partial charge in [0.15, 0.2) is 11.5 Å². The summed E-state index contributed by atoms with van der Waals surface area (Å²) in [5.74, 6) is 3.03. The Morgan fingerprint density at radius 3 is 2.16 bits per heavy atom. The van der Waals surface area contributed by atoms with E-state index in [0.29, 0.717) is 42.6 Å². The van der Waals surface area contributed by atoms with Crippen LogP contribution in [0.15, 0.2) is 42.5 Å². The molecule has 1 aliphatic heterocycles. The molecule has 8 nitrogen and oxygen atoms in total. The van der Waals surface area contributed by atoms with Crippen LogP contribution >= 0.6 is 11.8 Å². The highest BCUT2D eigenvalue weighted by Crippen LogP contribution is 2.40. The molecule has 1 N–H and O–H groups in total. The Kier molecular flexibility index (Phi) is 10.7. The lowest BCUT2D eigenvalue weighted by Crippen LogP contribution is -2.56. The van der Waals surface area contributed by atoms with E-state index in [4.69, 9.17) is 14.2 Å². The number of thioether (sulfide) groups is 1. The summed E-state index contributed by atoms with van der Waals surface area (Å²) in [6.07, 6.45) is 0. The van der Waals surface area contributed by atoms with E-state index in [-0.39, 0.29) is 11.8 Å². The standard InChI is InChI=1S/C29H41N3O5S/c1-29(2,3)28(34)30-23(20-38-19-21-10-8-7-9-11-21)27(33)32-16-14-31(15-17-32)18-22-12-13-24(35-4)26(37-6)25(22)36-5/h7-13,23H,14-20H2,1-6H3,(H,30,34)/t23-/m0/s1. The Morgan fingerprint density at radius 2 is 1.58 bits per heavy atom. The van der Waals surface area contributed by atoms with Crippen LogP contribution in [0.2, 0.25) is 0 Å². The summed E-state index contributed by atoms with van der Waals surface area (Å²) in [6, 6.07) is 13.5. The Hall–Kier alpha value is -2.91. The number of carbonyl (C=O) groups is 2. The molecule has 1 atom stereocenters. The Bertz CT molecular complexity index is 1070. The van der Waals surface area contributed by atoms with Crippen LogP contribution in [0.25, 0.3) is 0 Å². The molecule has 0 bridgehead atoms. The molecule has 208 valence electrons. The van der Waals surface area contributed by atoms with Crippen LogP contribution in [0.5, 0.6) is 17.2 Å². The third-order valence-corrected chi connectivity index (χ3v) is 7.65. The van der Waals surface area contributed by atoms with Crippen molar-refractivity contribution in [2.75, 3.05) is 53.3 Å². The number of nitrogens with one attached hydrogen (secondary N) is 1. The molecule has 0 saturated carbocycles. The quantitative estimate of drug-likeness (QED) is 0.462. The molecule has 3 rings (SSSR count). The fourth-order valence-corrected chi connectivity index (χ4v) is 5.30. The van der Waals surface area contributed by atoms with Gasteiger partial charge in [0.1, 0.15) is 6.04 Å². The van der Waals surface area contributed by atoms with Crippen molar-refractivity contribution in [3.8, 4) is 17.2 Å². The minimum atomic E-state index is -0.570. The molecule has 0 spiro atoms. The Labute approximate surface area is 231 Å². The molecular weight excluding hydrogens is 502 g/mol. The number of hydrogen-bond donors (Lipinski definition) is 1. The molecule has 1 heterocycles. The van der Waals surface area contributed by atoms with Crippen LogP contribution in [0.4, 0.5) is 0 Å². The highest BCUT2D eigenvalue weighted by molar-refractivity contribution is 7.98. The van der Waals surface area contributed by atoms with Crippen LogP contribution < -0.4 is 19.5 Å². The van der Waals surface area contributed by atoms with Crippen molar-refractivity contribution in [2.45, 2.75) is 39.1 Å². The maximum absolute atomic E-state index is 13.6. The van der Waals surface area contributed by atoms with Gasteiger partial charge in [-0.05, 0) is 11.6 Å². The first-order valence-corrected chi connectivity index (χ1v) is 14.0. The van der Waals surface area contributed by atoms with E-state index in [1.807, 2.05) is 56.0 Å². The topological polar surface area (TPSA) is 80.3 Å². The third-order valence-electron chi connectivity index (χ3n) is 6.54. The van der Waals surface area contributed by atoms with Gasteiger partial charge in [0.2, 0.25) is 17.6 Å². The molecule has 2 aromatic carbocycles. The van der Waals surface area contributed by atoms with E-state index in [1.165, 1.54) is 5.56 Å². The molecule has 2 amide bonds. The molecule has 1 fully saturated rings. The van der Waals surface area contributed by atoms with Crippen LogP contribution in [0.3, 0.4) is 0 Å². The van der Waals surface area contributed by atoms with Gasteiger partial charge in [0, 0.05) is 55.2 Å². The smallest absolute Gasteiger partial charge is 0.246 e. The van der Waals surface area contributed by atoms with E-state index >= 15 is 0 Å². The van der Waals surface area contributed by atoms with Crippen molar-refractivity contribution in [3.63, 3.8) is 0 Å². The molecule has 0 radical (unpaired) electrons. The number of rotatable bonds is 11. The average Bonchev–Trinajstić information content (AvgIpc) is 2.92. The minimum Gasteiger partial charge on any atom is -0.493 e. The molecule has 0 aliphatic carbocycles. The second kappa shape index (κ2) is 13.8. The number of ether oxygens (including phenoxy) is 3. The monoisotopic (exact) mass is 543 g/mol. The summed E-state index contributed by atoms with van der Waals surface area (Å²) in [7, 11) is 4.82. The number of benzene rings is 2. The van der Waals surface area contributed by atoms with Crippen LogP contribution in [0.1, 0.15) is 31.9 Å². The van der Waals surface area contributed by atoms with E-state index in [2.05, 4.69) is 22.3 Å². The van der Waals surface area contributed by atoms with Gasteiger partial charge in [-0.25, -0.2) is 0 Å². The summed E-state index contributed by atoms with van der Waals surface area (Å²) < 4.78 is 16.6. The number of amides is 2. The van der Waals surface area contributed by atoms with Crippen molar-refractivity contribution >= 4 is 23.6 Å². The van der Waals surface area contributed by atoms with E-state index in [0.717, 1.165) is 24.4 Å². The third kappa shape index (κ3) is 7.80. The summed E-state index contributed by atoms with van der Waals surface area (Å²) in [6.45, 7) is 8.90. The lowest BCUT2D eigenvalue weighted by Gasteiger charge is -2.37. The van der Waals surface area contributed by atoms with Gasteiger partial charge in [-0.15, -0.1) is 0 Å². The molecule has 2 aromatic rings. The molecule has 38 heavy (non-hydrogen) atoms. The second-order valence-electron chi connectivity index (χ2n) is 10.4. The first kappa shape index (κ1) is 29.6. The van der Waals surface area contributed by atoms with Gasteiger partial charge in [-0.3, -0.25) is 14.5 Å². The van der Waals surface area contributed by atoms with Gasteiger partial charge < -0.3 is 24.4 Å². The van der Waals surface area contributed by atoms with Gasteiger partial charge in [-0.1, -0.05) is 57.2 Å². The molecule has 0 unspecified atom stereocenters. The average molecular weight is 544 g/mol. The maximum Gasteiger partial charge on any atom is 0.246 e. The normalized spacial score (nSPS) is 15.1. The minimum absolute atomic E-state index is 0.0218. The van der Waals surface area contributed by atoms with Gasteiger partial charge in [-0.2, -0.15) is 11.8 Å². The van der Waals surface area contributed by atoms with E-state index in [9.17, 15) is 9.59 Å². The highest BCUT2D eigenvalue weighted by atomic mass is 32.2. The number of methoxy groups -OCH3 is 3. The van der Waals surface area contributed by atoms with Crippen LogP contribution in [0, 0.1) is 5.41 Å². The Morgan fingerprint density at radius 1 is 0.921 bits per heavy atom. The molecule has 1 saturated heterocycles. The fourth-order valence-electron chi connectivity index (χ4n) is 4.29. The van der Waals surface area contributed by atoms with Crippen LogP contribution in [-0.2, 0) is 21.9 Å². The first-order valence-electron chi connectivity index (χ1n) is 12.9.